The van der Waals surface area contributed by atoms with Crippen LogP contribution in [0.1, 0.15) is 6.92 Å². The first-order chi connectivity index (χ1) is 4.68. The molecule has 10 heavy (non-hydrogen) atoms. The average molecular weight is 175 g/mol. The van der Waals surface area contributed by atoms with Crippen LogP contribution in [0.4, 0.5) is 0 Å². The molecule has 3 nitrogen and oxygen atoms in total. The van der Waals surface area contributed by atoms with Crippen molar-refractivity contribution in [1.29, 1.82) is 0 Å². The molecule has 0 aromatic rings. The Morgan fingerprint density at radius 1 is 1.80 bits per heavy atom. The van der Waals surface area contributed by atoms with E-state index in [-0.39, 0.29) is 0 Å². The van der Waals surface area contributed by atoms with Crippen LogP contribution in [-0.2, 0) is 0 Å². The molecular formula is C5H5NO2S2. The van der Waals surface area contributed by atoms with E-state index in [0.717, 1.165) is 15.3 Å². The Morgan fingerprint density at radius 2 is 2.50 bits per heavy atom. The summed E-state index contributed by atoms with van der Waals surface area (Å²) in [6, 6.07) is 0. The summed E-state index contributed by atoms with van der Waals surface area (Å²) in [4.78, 5) is 10.6. The van der Waals surface area contributed by atoms with E-state index in [1.165, 1.54) is 23.5 Å². The second-order valence-corrected chi connectivity index (χ2v) is 4.14. The number of allylic oxidation sites excluding steroid dienone is 1. The zero-order valence-corrected chi connectivity index (χ0v) is 6.87. The molecule has 1 aliphatic rings. The van der Waals surface area contributed by atoms with Gasteiger partial charge in [0.2, 0.25) is 0 Å². The van der Waals surface area contributed by atoms with Gasteiger partial charge in [0.25, 0.3) is 6.20 Å². The van der Waals surface area contributed by atoms with E-state index in [9.17, 15) is 10.1 Å². The molecule has 54 valence electrons. The zero-order chi connectivity index (χ0) is 7.56. The van der Waals surface area contributed by atoms with Crippen LogP contribution in [0.25, 0.3) is 0 Å². The Kier molecular flexibility index (Phi) is 2.39. The van der Waals surface area contributed by atoms with E-state index in [1.807, 2.05) is 12.3 Å². The van der Waals surface area contributed by atoms with Crippen molar-refractivity contribution >= 4 is 23.5 Å². The first-order valence-electron chi connectivity index (χ1n) is 2.55. The van der Waals surface area contributed by atoms with Gasteiger partial charge in [0.1, 0.15) is 4.24 Å². The largest absolute Gasteiger partial charge is 0.259 e. The van der Waals surface area contributed by atoms with Crippen molar-refractivity contribution in [2.24, 2.45) is 0 Å². The molecule has 0 fully saturated rings. The average Bonchev–Trinajstić information content (AvgIpc) is 2.13. The lowest BCUT2D eigenvalue weighted by Gasteiger charge is -1.87. The van der Waals surface area contributed by atoms with E-state index < -0.39 is 4.92 Å². The van der Waals surface area contributed by atoms with Gasteiger partial charge in [-0.2, -0.15) is 0 Å². The van der Waals surface area contributed by atoms with Gasteiger partial charge >= 0.3 is 0 Å². The maximum atomic E-state index is 9.94. The molecule has 0 aromatic heterocycles. The summed E-state index contributed by atoms with van der Waals surface area (Å²) >= 11 is 2.84. The summed E-state index contributed by atoms with van der Waals surface area (Å²) in [7, 11) is 0. The molecule has 0 aliphatic carbocycles. The lowest BCUT2D eigenvalue weighted by Crippen LogP contribution is -1.82. The van der Waals surface area contributed by atoms with E-state index in [1.54, 1.807) is 0 Å². The van der Waals surface area contributed by atoms with Crippen molar-refractivity contribution in [2.75, 3.05) is 0 Å². The summed E-state index contributed by atoms with van der Waals surface area (Å²) in [5.41, 5.74) is 0. The fourth-order valence-electron chi connectivity index (χ4n) is 0.491. The van der Waals surface area contributed by atoms with Crippen LogP contribution in [0.5, 0.6) is 0 Å². The molecular weight excluding hydrogens is 170 g/mol. The van der Waals surface area contributed by atoms with Crippen molar-refractivity contribution < 1.29 is 4.92 Å². The van der Waals surface area contributed by atoms with Gasteiger partial charge < -0.3 is 0 Å². The van der Waals surface area contributed by atoms with Crippen LogP contribution in [0, 0.1) is 10.1 Å². The van der Waals surface area contributed by atoms with Gasteiger partial charge in [0.05, 0.1) is 4.92 Å². The fraction of sp³-hybridized carbons (Fsp3) is 0.200. The number of nitro groups is 1. The third-order valence-electron chi connectivity index (χ3n) is 0.813. The van der Waals surface area contributed by atoms with Crippen LogP contribution in [0.3, 0.4) is 0 Å². The van der Waals surface area contributed by atoms with Crippen LogP contribution in [0.15, 0.2) is 20.8 Å². The highest BCUT2D eigenvalue weighted by Crippen LogP contribution is 2.42. The number of nitrogens with zero attached hydrogens (tertiary/aromatic N) is 1. The number of thioether (sulfide) groups is 2. The molecule has 0 N–H and O–H groups in total. The Labute approximate surface area is 66.7 Å². The van der Waals surface area contributed by atoms with Crippen LogP contribution in [-0.4, -0.2) is 4.92 Å². The molecule has 0 atom stereocenters. The standard InChI is InChI=1S/C5H5NO2S2/c1-4-3-9-5(10-4)2-6(7)8/h2-3H,1H3/b5-2+. The highest BCUT2D eigenvalue weighted by Gasteiger charge is 2.10. The molecule has 1 heterocycles. The van der Waals surface area contributed by atoms with Crippen LogP contribution < -0.4 is 0 Å². The highest BCUT2D eigenvalue weighted by molar-refractivity contribution is 8.27. The van der Waals surface area contributed by atoms with Crippen molar-refractivity contribution in [2.45, 2.75) is 6.92 Å². The third-order valence-corrected chi connectivity index (χ3v) is 3.06. The van der Waals surface area contributed by atoms with Gasteiger partial charge in [-0.1, -0.05) is 23.5 Å². The quantitative estimate of drug-likeness (QED) is 0.453. The first-order valence-corrected chi connectivity index (χ1v) is 4.24. The van der Waals surface area contributed by atoms with E-state index >= 15 is 0 Å². The molecule has 0 amide bonds. The molecule has 0 saturated heterocycles. The van der Waals surface area contributed by atoms with Gasteiger partial charge in [-0.25, -0.2) is 0 Å². The van der Waals surface area contributed by atoms with Crippen molar-refractivity contribution in [3.05, 3.63) is 30.9 Å². The predicted molar refractivity (Wildman–Crippen MR) is 44.0 cm³/mol. The summed E-state index contributed by atoms with van der Waals surface area (Å²) in [5.74, 6) is 0. The number of hydrogen-bond donors (Lipinski definition) is 0. The lowest BCUT2D eigenvalue weighted by molar-refractivity contribution is -0.402. The third kappa shape index (κ3) is 2.07. The number of hydrogen-bond acceptors (Lipinski definition) is 4. The second kappa shape index (κ2) is 3.12. The van der Waals surface area contributed by atoms with Gasteiger partial charge in [-0.15, -0.1) is 0 Å². The molecule has 0 spiro atoms. The molecule has 0 saturated carbocycles. The SMILES string of the molecule is CC1=CS/C(=C\[N+](=O)[O-])S1. The maximum absolute atomic E-state index is 9.94. The molecule has 0 bridgehead atoms. The van der Waals surface area contributed by atoms with Gasteiger partial charge in [-0.3, -0.25) is 10.1 Å². The monoisotopic (exact) mass is 175 g/mol. The summed E-state index contributed by atoms with van der Waals surface area (Å²) < 4.78 is 0.738. The second-order valence-electron chi connectivity index (χ2n) is 1.68. The number of rotatable bonds is 1. The minimum Gasteiger partial charge on any atom is -0.259 e. The predicted octanol–water partition coefficient (Wildman–Crippen LogP) is 2.40. The zero-order valence-electron chi connectivity index (χ0n) is 5.23. The normalized spacial score (nSPS) is 21.3. The molecule has 1 rings (SSSR count). The van der Waals surface area contributed by atoms with E-state index in [0.29, 0.717) is 0 Å². The fourth-order valence-corrected chi connectivity index (χ4v) is 2.44. The van der Waals surface area contributed by atoms with Crippen LogP contribution >= 0.6 is 23.5 Å². The lowest BCUT2D eigenvalue weighted by atomic mass is 10.8. The van der Waals surface area contributed by atoms with Crippen LogP contribution in [0.2, 0.25) is 0 Å². The Morgan fingerprint density at radius 3 is 2.90 bits per heavy atom. The Hall–Kier alpha value is -0.420. The summed E-state index contributed by atoms with van der Waals surface area (Å²) in [6.07, 6.45) is 1.03. The summed E-state index contributed by atoms with van der Waals surface area (Å²) in [5, 5.41) is 11.8. The Balaban J connectivity index is 2.57. The van der Waals surface area contributed by atoms with Gasteiger partial charge in [0.15, 0.2) is 0 Å². The molecule has 0 radical (unpaired) electrons. The van der Waals surface area contributed by atoms with E-state index in [2.05, 4.69) is 0 Å². The minimum atomic E-state index is -0.429. The molecule has 0 unspecified atom stereocenters. The van der Waals surface area contributed by atoms with Crippen molar-refractivity contribution in [3.63, 3.8) is 0 Å². The van der Waals surface area contributed by atoms with E-state index in [4.69, 9.17) is 0 Å². The minimum absolute atomic E-state index is 0.429. The van der Waals surface area contributed by atoms with Crippen molar-refractivity contribution in [1.82, 2.24) is 0 Å². The smallest absolute Gasteiger partial charge is 0.254 e. The highest BCUT2D eigenvalue weighted by atomic mass is 32.2. The van der Waals surface area contributed by atoms with Gasteiger partial charge in [-0.05, 0) is 17.2 Å². The first kappa shape index (κ1) is 7.68. The van der Waals surface area contributed by atoms with Gasteiger partial charge in [0, 0.05) is 0 Å². The Bertz CT molecular complexity index is 222. The summed E-state index contributed by atoms with van der Waals surface area (Å²) in [6.45, 7) is 1.93. The maximum Gasteiger partial charge on any atom is 0.254 e. The van der Waals surface area contributed by atoms with Crippen molar-refractivity contribution in [3.8, 4) is 0 Å². The molecule has 0 aromatic carbocycles. The molecule has 1 aliphatic heterocycles. The molecule has 5 heteroatoms. The topological polar surface area (TPSA) is 43.1 Å².